The molecular formula is C15H23NO2. The summed E-state index contributed by atoms with van der Waals surface area (Å²) in [5, 5.41) is 3.32. The van der Waals surface area contributed by atoms with Gasteiger partial charge in [-0.2, -0.15) is 0 Å². The lowest BCUT2D eigenvalue weighted by Gasteiger charge is -2.16. The average Bonchev–Trinajstić information content (AvgIpc) is 2.32. The molecule has 100 valence electrons. The van der Waals surface area contributed by atoms with Crippen LogP contribution in [0, 0.1) is 20.8 Å². The van der Waals surface area contributed by atoms with Gasteiger partial charge in [-0.05, 0) is 56.0 Å². The summed E-state index contributed by atoms with van der Waals surface area (Å²) >= 11 is 0. The van der Waals surface area contributed by atoms with Crippen molar-refractivity contribution in [1.29, 1.82) is 0 Å². The van der Waals surface area contributed by atoms with Crippen molar-refractivity contribution in [2.45, 2.75) is 40.7 Å². The van der Waals surface area contributed by atoms with Crippen LogP contribution < -0.4 is 10.1 Å². The number of aryl methyl sites for hydroxylation is 1. The maximum atomic E-state index is 10.9. The van der Waals surface area contributed by atoms with E-state index < -0.39 is 0 Å². The third-order valence-corrected chi connectivity index (χ3v) is 3.38. The van der Waals surface area contributed by atoms with E-state index in [0.29, 0.717) is 6.42 Å². The molecule has 0 aliphatic carbocycles. The van der Waals surface area contributed by atoms with Crippen molar-refractivity contribution in [1.82, 2.24) is 5.32 Å². The van der Waals surface area contributed by atoms with E-state index in [9.17, 15) is 4.79 Å². The summed E-state index contributed by atoms with van der Waals surface area (Å²) in [6.07, 6.45) is 0.591. The first kappa shape index (κ1) is 14.7. The number of carbonyl (C=O) groups is 1. The van der Waals surface area contributed by atoms with E-state index in [1.165, 1.54) is 22.3 Å². The van der Waals surface area contributed by atoms with Crippen LogP contribution in [0.25, 0.3) is 0 Å². The Hall–Kier alpha value is -1.35. The second kappa shape index (κ2) is 6.55. The van der Waals surface area contributed by atoms with E-state index in [2.05, 4.69) is 32.2 Å². The van der Waals surface area contributed by atoms with Crippen LogP contribution in [-0.2, 0) is 11.3 Å². The number of hydrogen-bond donors (Lipinski definition) is 1. The maximum absolute atomic E-state index is 10.9. The largest absolute Gasteiger partial charge is 0.496 e. The Morgan fingerprint density at radius 2 is 1.94 bits per heavy atom. The van der Waals surface area contributed by atoms with Gasteiger partial charge in [-0.15, -0.1) is 0 Å². The molecular weight excluding hydrogens is 226 g/mol. The number of ketones is 1. The Morgan fingerprint density at radius 3 is 2.50 bits per heavy atom. The number of ether oxygens (including phenoxy) is 1. The molecule has 0 aromatic heterocycles. The fourth-order valence-electron chi connectivity index (χ4n) is 2.06. The van der Waals surface area contributed by atoms with Gasteiger partial charge in [0.25, 0.3) is 0 Å². The quantitative estimate of drug-likeness (QED) is 0.788. The van der Waals surface area contributed by atoms with Crippen molar-refractivity contribution in [2.75, 3.05) is 13.7 Å². The van der Waals surface area contributed by atoms with E-state index in [1.807, 2.05) is 0 Å². The lowest BCUT2D eigenvalue weighted by Crippen LogP contribution is -2.18. The molecule has 0 amide bonds. The van der Waals surface area contributed by atoms with Gasteiger partial charge >= 0.3 is 0 Å². The number of benzene rings is 1. The zero-order chi connectivity index (χ0) is 13.7. The van der Waals surface area contributed by atoms with Crippen molar-refractivity contribution in [3.8, 4) is 5.75 Å². The second-order valence-corrected chi connectivity index (χ2v) is 4.75. The van der Waals surface area contributed by atoms with Crippen LogP contribution in [0.5, 0.6) is 5.75 Å². The molecule has 0 spiro atoms. The maximum Gasteiger partial charge on any atom is 0.131 e. The molecule has 1 rings (SSSR count). The monoisotopic (exact) mass is 249 g/mol. The highest BCUT2D eigenvalue weighted by molar-refractivity contribution is 5.75. The van der Waals surface area contributed by atoms with E-state index >= 15 is 0 Å². The molecule has 0 saturated heterocycles. The molecule has 0 aliphatic rings. The summed E-state index contributed by atoms with van der Waals surface area (Å²) in [7, 11) is 1.70. The third-order valence-electron chi connectivity index (χ3n) is 3.38. The minimum absolute atomic E-state index is 0.224. The molecule has 3 heteroatoms. The molecule has 1 aromatic rings. The van der Waals surface area contributed by atoms with Crippen LogP contribution in [0.15, 0.2) is 6.07 Å². The van der Waals surface area contributed by atoms with Crippen LogP contribution >= 0.6 is 0 Å². The van der Waals surface area contributed by atoms with Crippen LogP contribution in [0.4, 0.5) is 0 Å². The molecule has 0 aliphatic heterocycles. The van der Waals surface area contributed by atoms with Gasteiger partial charge in [-0.1, -0.05) is 0 Å². The number of nitrogens with one attached hydrogen (secondary N) is 1. The van der Waals surface area contributed by atoms with Gasteiger partial charge in [0.05, 0.1) is 7.11 Å². The predicted molar refractivity (Wildman–Crippen MR) is 74.2 cm³/mol. The van der Waals surface area contributed by atoms with E-state index in [0.717, 1.165) is 18.8 Å². The Balaban J connectivity index is 2.77. The molecule has 0 bridgehead atoms. The third kappa shape index (κ3) is 3.57. The van der Waals surface area contributed by atoms with E-state index in [1.54, 1.807) is 14.0 Å². The van der Waals surface area contributed by atoms with Crippen molar-refractivity contribution in [3.05, 3.63) is 28.3 Å². The van der Waals surface area contributed by atoms with Gasteiger partial charge < -0.3 is 10.1 Å². The predicted octanol–water partition coefficient (Wildman–Crippen LogP) is 2.69. The number of hydrogen-bond acceptors (Lipinski definition) is 3. The average molecular weight is 249 g/mol. The minimum Gasteiger partial charge on any atom is -0.496 e. The summed E-state index contributed by atoms with van der Waals surface area (Å²) in [6, 6.07) is 2.07. The fourth-order valence-corrected chi connectivity index (χ4v) is 2.06. The Morgan fingerprint density at radius 1 is 1.28 bits per heavy atom. The van der Waals surface area contributed by atoms with Crippen molar-refractivity contribution in [3.63, 3.8) is 0 Å². The van der Waals surface area contributed by atoms with Crippen molar-refractivity contribution in [2.24, 2.45) is 0 Å². The summed E-state index contributed by atoms with van der Waals surface area (Å²) in [4.78, 5) is 10.9. The molecule has 0 saturated carbocycles. The number of methoxy groups -OCH3 is 1. The standard InChI is InChI=1S/C15H23NO2/c1-10-8-15(18-5)13(4)12(3)14(10)9-16-7-6-11(2)17/h8,16H,6-7,9H2,1-5H3. The molecule has 1 N–H and O–H groups in total. The second-order valence-electron chi connectivity index (χ2n) is 4.75. The normalized spacial score (nSPS) is 10.5. The molecule has 0 heterocycles. The summed E-state index contributed by atoms with van der Waals surface area (Å²) in [5.41, 5.74) is 4.98. The smallest absolute Gasteiger partial charge is 0.131 e. The van der Waals surface area contributed by atoms with Crippen molar-refractivity contribution >= 4 is 5.78 Å². The summed E-state index contributed by atoms with van der Waals surface area (Å²) in [6.45, 7) is 9.45. The SMILES string of the molecule is COc1cc(C)c(CNCCC(C)=O)c(C)c1C. The zero-order valence-electron chi connectivity index (χ0n) is 12.0. The number of carbonyl (C=O) groups excluding carboxylic acids is 1. The van der Waals surface area contributed by atoms with Gasteiger partial charge in [0.15, 0.2) is 0 Å². The topological polar surface area (TPSA) is 38.3 Å². The van der Waals surface area contributed by atoms with Crippen LogP contribution in [0.2, 0.25) is 0 Å². The summed E-state index contributed by atoms with van der Waals surface area (Å²) in [5.74, 6) is 1.17. The Kier molecular flexibility index (Phi) is 5.35. The highest BCUT2D eigenvalue weighted by Crippen LogP contribution is 2.27. The van der Waals surface area contributed by atoms with Crippen LogP contribution in [0.1, 0.15) is 35.6 Å². The lowest BCUT2D eigenvalue weighted by molar-refractivity contribution is -0.116. The highest BCUT2D eigenvalue weighted by atomic mass is 16.5. The van der Waals surface area contributed by atoms with Crippen molar-refractivity contribution < 1.29 is 9.53 Å². The van der Waals surface area contributed by atoms with Gasteiger partial charge in [-0.25, -0.2) is 0 Å². The molecule has 0 radical (unpaired) electrons. The van der Waals surface area contributed by atoms with Crippen LogP contribution in [-0.4, -0.2) is 19.4 Å². The highest BCUT2D eigenvalue weighted by Gasteiger charge is 2.10. The zero-order valence-corrected chi connectivity index (χ0v) is 12.0. The fraction of sp³-hybridized carbons (Fsp3) is 0.533. The summed E-state index contributed by atoms with van der Waals surface area (Å²) < 4.78 is 5.35. The number of rotatable bonds is 6. The van der Waals surface area contributed by atoms with E-state index in [4.69, 9.17) is 4.74 Å². The molecule has 0 unspecified atom stereocenters. The molecule has 3 nitrogen and oxygen atoms in total. The van der Waals surface area contributed by atoms with Crippen LogP contribution in [0.3, 0.4) is 0 Å². The number of Topliss-reactive ketones (excluding diaryl/α,β-unsaturated/α-hetero) is 1. The first-order valence-corrected chi connectivity index (χ1v) is 6.31. The minimum atomic E-state index is 0.224. The Bertz CT molecular complexity index is 439. The molecule has 0 fully saturated rings. The first-order chi connectivity index (χ1) is 8.47. The molecule has 0 atom stereocenters. The van der Waals surface area contributed by atoms with Gasteiger partial charge in [0.2, 0.25) is 0 Å². The Labute approximate surface area is 110 Å². The van der Waals surface area contributed by atoms with Gasteiger partial charge in [0, 0.05) is 19.5 Å². The van der Waals surface area contributed by atoms with Gasteiger partial charge in [0.1, 0.15) is 11.5 Å². The van der Waals surface area contributed by atoms with E-state index in [-0.39, 0.29) is 5.78 Å². The molecule has 18 heavy (non-hydrogen) atoms. The lowest BCUT2D eigenvalue weighted by atomic mass is 9.97. The molecule has 1 aromatic carbocycles. The first-order valence-electron chi connectivity index (χ1n) is 6.31. The van der Waals surface area contributed by atoms with Gasteiger partial charge in [-0.3, -0.25) is 4.79 Å².